The Morgan fingerprint density at radius 2 is 2.25 bits per heavy atom. The van der Waals surface area contributed by atoms with Crippen LogP contribution in [0, 0.1) is 5.92 Å². The van der Waals surface area contributed by atoms with E-state index in [4.69, 9.17) is 5.73 Å². The second kappa shape index (κ2) is 6.21. The fourth-order valence-corrected chi connectivity index (χ4v) is 2.20. The van der Waals surface area contributed by atoms with E-state index in [2.05, 4.69) is 31.1 Å². The Labute approximate surface area is 98.6 Å². The van der Waals surface area contributed by atoms with Crippen molar-refractivity contribution >= 4 is 5.91 Å². The number of hydrogen-bond acceptors (Lipinski definition) is 3. The van der Waals surface area contributed by atoms with Crippen molar-refractivity contribution in [1.82, 2.24) is 10.2 Å². The van der Waals surface area contributed by atoms with E-state index >= 15 is 0 Å². The van der Waals surface area contributed by atoms with Gasteiger partial charge in [0.05, 0.1) is 6.04 Å². The predicted octanol–water partition coefficient (Wildman–Crippen LogP) is 0.570. The average molecular weight is 227 g/mol. The van der Waals surface area contributed by atoms with Crippen LogP contribution in [0.1, 0.15) is 33.1 Å². The first-order valence-electron chi connectivity index (χ1n) is 6.24. The van der Waals surface area contributed by atoms with Gasteiger partial charge in [-0.1, -0.05) is 13.8 Å². The molecule has 1 rings (SSSR count). The summed E-state index contributed by atoms with van der Waals surface area (Å²) in [5.41, 5.74) is 5.81. The maximum atomic E-state index is 11.7. The Bertz CT molecular complexity index is 230. The third kappa shape index (κ3) is 4.10. The minimum atomic E-state index is -0.355. The van der Waals surface area contributed by atoms with E-state index in [-0.39, 0.29) is 11.9 Å². The topological polar surface area (TPSA) is 58.4 Å². The van der Waals surface area contributed by atoms with Crippen LogP contribution < -0.4 is 11.1 Å². The van der Waals surface area contributed by atoms with Gasteiger partial charge in [-0.25, -0.2) is 0 Å². The van der Waals surface area contributed by atoms with Crippen LogP contribution in [0.2, 0.25) is 0 Å². The molecule has 4 nitrogen and oxygen atoms in total. The van der Waals surface area contributed by atoms with E-state index in [1.54, 1.807) is 0 Å². The zero-order valence-electron chi connectivity index (χ0n) is 10.7. The highest BCUT2D eigenvalue weighted by Crippen LogP contribution is 2.13. The summed E-state index contributed by atoms with van der Waals surface area (Å²) in [7, 11) is 2.11. The molecule has 16 heavy (non-hydrogen) atoms. The molecule has 2 atom stereocenters. The van der Waals surface area contributed by atoms with Crippen molar-refractivity contribution in [3.05, 3.63) is 0 Å². The molecule has 0 aromatic rings. The van der Waals surface area contributed by atoms with Crippen LogP contribution in [-0.2, 0) is 4.79 Å². The Balaban J connectivity index is 2.23. The molecule has 1 amide bonds. The van der Waals surface area contributed by atoms with Crippen LogP contribution in [0.25, 0.3) is 0 Å². The lowest BCUT2D eigenvalue weighted by molar-refractivity contribution is -0.122. The molecule has 0 spiro atoms. The van der Waals surface area contributed by atoms with E-state index in [9.17, 15) is 4.79 Å². The van der Waals surface area contributed by atoms with Crippen molar-refractivity contribution in [3.8, 4) is 0 Å². The SMILES string of the molecule is CC(C)C[C@H](N)C(=O)NCC1CCCN1C. The van der Waals surface area contributed by atoms with Gasteiger partial charge in [-0.2, -0.15) is 0 Å². The smallest absolute Gasteiger partial charge is 0.236 e. The first-order chi connectivity index (χ1) is 7.50. The molecule has 1 aliphatic rings. The standard InChI is InChI=1S/C12H25N3O/c1-9(2)7-11(13)12(16)14-8-10-5-4-6-15(10)3/h9-11H,4-8,13H2,1-3H3,(H,14,16)/t10?,11-/m0/s1. The number of nitrogens with zero attached hydrogens (tertiary/aromatic N) is 1. The fraction of sp³-hybridized carbons (Fsp3) is 0.917. The fourth-order valence-electron chi connectivity index (χ4n) is 2.20. The van der Waals surface area contributed by atoms with Crippen LogP contribution in [0.3, 0.4) is 0 Å². The first kappa shape index (κ1) is 13.5. The third-order valence-corrected chi connectivity index (χ3v) is 3.25. The Morgan fingerprint density at radius 1 is 1.56 bits per heavy atom. The summed E-state index contributed by atoms with van der Waals surface area (Å²) in [4.78, 5) is 14.0. The highest BCUT2D eigenvalue weighted by Gasteiger charge is 2.22. The van der Waals surface area contributed by atoms with Gasteiger partial charge in [0.25, 0.3) is 0 Å². The molecular weight excluding hydrogens is 202 g/mol. The molecule has 1 heterocycles. The summed E-state index contributed by atoms with van der Waals surface area (Å²) in [6.07, 6.45) is 3.16. The van der Waals surface area contributed by atoms with Crippen molar-refractivity contribution in [1.29, 1.82) is 0 Å². The molecular formula is C12H25N3O. The molecule has 4 heteroatoms. The molecule has 0 bridgehead atoms. The maximum absolute atomic E-state index is 11.7. The van der Waals surface area contributed by atoms with Gasteiger partial charge < -0.3 is 16.0 Å². The average Bonchev–Trinajstić information content (AvgIpc) is 2.59. The molecule has 94 valence electrons. The number of rotatable bonds is 5. The van der Waals surface area contributed by atoms with E-state index in [1.165, 1.54) is 12.8 Å². The van der Waals surface area contributed by atoms with Gasteiger partial charge in [-0.3, -0.25) is 4.79 Å². The van der Waals surface area contributed by atoms with Crippen LogP contribution >= 0.6 is 0 Å². The largest absolute Gasteiger partial charge is 0.353 e. The second-order valence-corrected chi connectivity index (χ2v) is 5.26. The number of nitrogens with two attached hydrogens (primary N) is 1. The van der Waals surface area contributed by atoms with Gasteiger partial charge in [0.1, 0.15) is 0 Å². The van der Waals surface area contributed by atoms with Gasteiger partial charge in [-0.15, -0.1) is 0 Å². The lowest BCUT2D eigenvalue weighted by atomic mass is 10.0. The molecule has 0 aromatic heterocycles. The van der Waals surface area contributed by atoms with E-state index < -0.39 is 0 Å². The number of hydrogen-bond donors (Lipinski definition) is 2. The normalized spacial score (nSPS) is 23.7. The van der Waals surface area contributed by atoms with Crippen molar-refractivity contribution in [2.75, 3.05) is 20.1 Å². The van der Waals surface area contributed by atoms with Gasteiger partial charge in [0.2, 0.25) is 5.91 Å². The van der Waals surface area contributed by atoms with Crippen LogP contribution in [0.15, 0.2) is 0 Å². The van der Waals surface area contributed by atoms with Crippen LogP contribution in [0.5, 0.6) is 0 Å². The summed E-state index contributed by atoms with van der Waals surface area (Å²) < 4.78 is 0. The summed E-state index contributed by atoms with van der Waals surface area (Å²) in [5.74, 6) is 0.462. The van der Waals surface area contributed by atoms with Crippen molar-refractivity contribution in [3.63, 3.8) is 0 Å². The summed E-state index contributed by atoms with van der Waals surface area (Å²) in [6, 6.07) is 0.141. The Hall–Kier alpha value is -0.610. The molecule has 3 N–H and O–H groups in total. The second-order valence-electron chi connectivity index (χ2n) is 5.26. The molecule has 0 aliphatic carbocycles. The number of carbonyl (C=O) groups is 1. The van der Waals surface area contributed by atoms with Gasteiger partial charge >= 0.3 is 0 Å². The van der Waals surface area contributed by atoms with Crippen molar-refractivity contribution in [2.24, 2.45) is 11.7 Å². The molecule has 1 fully saturated rings. The zero-order chi connectivity index (χ0) is 12.1. The predicted molar refractivity (Wildman–Crippen MR) is 66.1 cm³/mol. The van der Waals surface area contributed by atoms with Crippen LogP contribution in [0.4, 0.5) is 0 Å². The van der Waals surface area contributed by atoms with E-state index in [0.29, 0.717) is 12.0 Å². The van der Waals surface area contributed by atoms with Gasteiger partial charge in [0.15, 0.2) is 0 Å². The molecule has 1 unspecified atom stereocenters. The molecule has 0 radical (unpaired) electrons. The maximum Gasteiger partial charge on any atom is 0.236 e. The molecule has 1 aliphatic heterocycles. The minimum absolute atomic E-state index is 0.00556. The number of likely N-dealkylation sites (tertiary alicyclic amines) is 1. The minimum Gasteiger partial charge on any atom is -0.353 e. The quantitative estimate of drug-likeness (QED) is 0.722. The zero-order valence-corrected chi connectivity index (χ0v) is 10.7. The first-order valence-corrected chi connectivity index (χ1v) is 6.24. The number of amides is 1. The van der Waals surface area contributed by atoms with E-state index in [0.717, 1.165) is 19.5 Å². The van der Waals surface area contributed by atoms with Gasteiger partial charge in [0, 0.05) is 12.6 Å². The lowest BCUT2D eigenvalue weighted by Gasteiger charge is -2.21. The molecule has 0 saturated carbocycles. The summed E-state index contributed by atoms with van der Waals surface area (Å²) in [6.45, 7) is 6.04. The number of likely N-dealkylation sites (N-methyl/N-ethyl adjacent to an activating group) is 1. The van der Waals surface area contributed by atoms with E-state index in [1.807, 2.05) is 0 Å². The van der Waals surface area contributed by atoms with Crippen molar-refractivity contribution in [2.45, 2.75) is 45.2 Å². The Morgan fingerprint density at radius 3 is 2.75 bits per heavy atom. The molecule has 0 aromatic carbocycles. The monoisotopic (exact) mass is 227 g/mol. The highest BCUT2D eigenvalue weighted by atomic mass is 16.2. The number of nitrogens with one attached hydrogen (secondary N) is 1. The van der Waals surface area contributed by atoms with Crippen molar-refractivity contribution < 1.29 is 4.79 Å². The number of carbonyl (C=O) groups excluding carboxylic acids is 1. The lowest BCUT2D eigenvalue weighted by Crippen LogP contribution is -2.45. The highest BCUT2D eigenvalue weighted by molar-refractivity contribution is 5.81. The van der Waals surface area contributed by atoms with Crippen LogP contribution in [-0.4, -0.2) is 43.0 Å². The summed E-state index contributed by atoms with van der Waals surface area (Å²) >= 11 is 0. The Kier molecular flexibility index (Phi) is 5.22. The summed E-state index contributed by atoms with van der Waals surface area (Å²) in [5, 5.41) is 2.95. The molecule has 1 saturated heterocycles. The third-order valence-electron chi connectivity index (χ3n) is 3.25. The van der Waals surface area contributed by atoms with Gasteiger partial charge in [-0.05, 0) is 38.8 Å².